The zero-order valence-corrected chi connectivity index (χ0v) is 9.31. The molecule has 18 heavy (non-hydrogen) atoms. The van der Waals surface area contributed by atoms with Gasteiger partial charge in [-0.1, -0.05) is 6.07 Å². The first kappa shape index (κ1) is 13.6. The van der Waals surface area contributed by atoms with Crippen molar-refractivity contribution >= 4 is 17.5 Å². The lowest BCUT2D eigenvalue weighted by atomic mass is 10.1. The number of nitrogens with zero attached hydrogens (tertiary/aromatic N) is 1. The van der Waals surface area contributed by atoms with Crippen molar-refractivity contribution in [3.05, 3.63) is 29.6 Å². The third kappa shape index (κ3) is 3.26. The van der Waals surface area contributed by atoms with E-state index < -0.39 is 23.7 Å². The summed E-state index contributed by atoms with van der Waals surface area (Å²) in [4.78, 5) is 22.1. The Hall–Kier alpha value is -2.46. The molecule has 5 N–H and O–H groups in total. The smallest absolute Gasteiger partial charge is 0.241 e. The van der Waals surface area contributed by atoms with Gasteiger partial charge in [-0.15, -0.1) is 0 Å². The fraction of sp³-hybridized carbons (Fsp3) is 0.182. The lowest BCUT2D eigenvalue weighted by Crippen LogP contribution is -2.39. The Labute approximate surface area is 102 Å². The van der Waals surface area contributed by atoms with Crippen LogP contribution < -0.4 is 16.8 Å². The Balaban J connectivity index is 2.86. The molecule has 0 aromatic heterocycles. The van der Waals surface area contributed by atoms with Gasteiger partial charge in [-0.3, -0.25) is 9.59 Å². The van der Waals surface area contributed by atoms with Crippen LogP contribution in [0.5, 0.6) is 0 Å². The topological polar surface area (TPSA) is 122 Å². The second kappa shape index (κ2) is 5.75. The van der Waals surface area contributed by atoms with Gasteiger partial charge in [0.05, 0.1) is 18.2 Å². The standard InChI is InChI=1S/C11H11FN4O2/c12-7-2-1-3-9(6(7)5-13)16-11(18)8(14)4-10(15)17/h1-3,8H,4,14H2,(H2,15,17)(H,16,18). The minimum absolute atomic E-state index is 0.00224. The normalized spacial score (nSPS) is 11.4. The molecule has 0 bridgehead atoms. The van der Waals surface area contributed by atoms with Gasteiger partial charge >= 0.3 is 0 Å². The summed E-state index contributed by atoms with van der Waals surface area (Å²) >= 11 is 0. The molecule has 0 aliphatic carbocycles. The summed E-state index contributed by atoms with van der Waals surface area (Å²) in [5.41, 5.74) is 10.0. The van der Waals surface area contributed by atoms with E-state index in [9.17, 15) is 14.0 Å². The van der Waals surface area contributed by atoms with Crippen LogP contribution in [0.2, 0.25) is 0 Å². The molecular weight excluding hydrogens is 239 g/mol. The molecule has 0 spiro atoms. The Morgan fingerprint density at radius 3 is 2.72 bits per heavy atom. The lowest BCUT2D eigenvalue weighted by molar-refractivity contribution is -0.123. The zero-order valence-electron chi connectivity index (χ0n) is 9.31. The molecular formula is C11H11FN4O2. The number of rotatable bonds is 4. The average Bonchev–Trinajstić information content (AvgIpc) is 2.28. The maximum absolute atomic E-state index is 13.2. The van der Waals surface area contributed by atoms with Gasteiger partial charge in [0.1, 0.15) is 17.4 Å². The van der Waals surface area contributed by atoms with Gasteiger partial charge < -0.3 is 16.8 Å². The highest BCUT2D eigenvalue weighted by Gasteiger charge is 2.18. The van der Waals surface area contributed by atoms with Gasteiger partial charge in [-0.05, 0) is 12.1 Å². The van der Waals surface area contributed by atoms with Gasteiger partial charge in [0, 0.05) is 0 Å². The molecule has 1 aromatic carbocycles. The van der Waals surface area contributed by atoms with Crippen LogP contribution in [-0.4, -0.2) is 17.9 Å². The van der Waals surface area contributed by atoms with E-state index in [-0.39, 0.29) is 17.7 Å². The molecule has 1 rings (SSSR count). The van der Waals surface area contributed by atoms with Crippen molar-refractivity contribution in [2.24, 2.45) is 11.5 Å². The second-order valence-corrected chi connectivity index (χ2v) is 3.54. The number of hydrogen-bond donors (Lipinski definition) is 3. The van der Waals surface area contributed by atoms with Gasteiger partial charge in [0.25, 0.3) is 0 Å². The molecule has 0 aliphatic heterocycles. The SMILES string of the molecule is N#Cc1c(F)cccc1NC(=O)C(N)CC(N)=O. The number of nitriles is 1. The summed E-state index contributed by atoms with van der Waals surface area (Å²) in [6.45, 7) is 0. The third-order valence-corrected chi connectivity index (χ3v) is 2.14. The molecule has 0 saturated carbocycles. The van der Waals surface area contributed by atoms with Crippen LogP contribution in [0.4, 0.5) is 10.1 Å². The average molecular weight is 250 g/mol. The van der Waals surface area contributed by atoms with Crippen LogP contribution in [0.3, 0.4) is 0 Å². The first-order valence-corrected chi connectivity index (χ1v) is 4.99. The van der Waals surface area contributed by atoms with E-state index in [1.165, 1.54) is 12.1 Å². The van der Waals surface area contributed by atoms with E-state index in [0.717, 1.165) is 6.07 Å². The van der Waals surface area contributed by atoms with Crippen molar-refractivity contribution in [2.75, 3.05) is 5.32 Å². The molecule has 0 radical (unpaired) electrons. The van der Waals surface area contributed by atoms with Crippen LogP contribution in [0, 0.1) is 17.1 Å². The number of carbonyl (C=O) groups is 2. The van der Waals surface area contributed by atoms with Crippen molar-refractivity contribution in [1.29, 1.82) is 5.26 Å². The molecule has 0 fully saturated rings. The fourth-order valence-electron chi connectivity index (χ4n) is 1.28. The number of nitrogens with one attached hydrogen (secondary N) is 1. The molecule has 0 aliphatic rings. The highest BCUT2D eigenvalue weighted by Crippen LogP contribution is 2.17. The van der Waals surface area contributed by atoms with Crippen LogP contribution in [0.25, 0.3) is 0 Å². The summed E-state index contributed by atoms with van der Waals surface area (Å²) < 4.78 is 13.2. The molecule has 7 heteroatoms. The van der Waals surface area contributed by atoms with Gasteiger partial charge in [-0.25, -0.2) is 4.39 Å². The van der Waals surface area contributed by atoms with Crippen LogP contribution in [0.1, 0.15) is 12.0 Å². The van der Waals surface area contributed by atoms with E-state index in [0.29, 0.717) is 0 Å². The molecule has 2 amide bonds. The summed E-state index contributed by atoms with van der Waals surface area (Å²) in [6, 6.07) is 4.28. The first-order chi connectivity index (χ1) is 8.45. The quantitative estimate of drug-likeness (QED) is 0.687. The van der Waals surface area contributed by atoms with Crippen LogP contribution in [-0.2, 0) is 9.59 Å². The number of anilines is 1. The largest absolute Gasteiger partial charge is 0.370 e. The molecule has 1 atom stereocenters. The molecule has 6 nitrogen and oxygen atoms in total. The second-order valence-electron chi connectivity index (χ2n) is 3.54. The number of primary amides is 1. The predicted octanol–water partition coefficient (Wildman–Crippen LogP) is -0.161. The number of amides is 2. The minimum atomic E-state index is -1.14. The monoisotopic (exact) mass is 250 g/mol. The summed E-state index contributed by atoms with van der Waals surface area (Å²) in [5, 5.41) is 11.0. The summed E-state index contributed by atoms with van der Waals surface area (Å²) in [6.07, 6.45) is -0.330. The maximum Gasteiger partial charge on any atom is 0.241 e. The van der Waals surface area contributed by atoms with E-state index in [1.807, 2.05) is 0 Å². The van der Waals surface area contributed by atoms with Gasteiger partial charge in [0.15, 0.2) is 0 Å². The number of hydrogen-bond acceptors (Lipinski definition) is 4. The van der Waals surface area contributed by atoms with Crippen LogP contribution in [0.15, 0.2) is 18.2 Å². The highest BCUT2D eigenvalue weighted by molar-refractivity contribution is 5.98. The number of nitrogens with two attached hydrogens (primary N) is 2. The highest BCUT2D eigenvalue weighted by atomic mass is 19.1. The lowest BCUT2D eigenvalue weighted by Gasteiger charge is -2.11. The molecule has 0 saturated heterocycles. The van der Waals surface area contributed by atoms with Crippen molar-refractivity contribution in [1.82, 2.24) is 0 Å². The molecule has 94 valence electrons. The van der Waals surface area contributed by atoms with E-state index in [1.54, 1.807) is 6.07 Å². The third-order valence-electron chi connectivity index (χ3n) is 2.14. The van der Waals surface area contributed by atoms with Crippen molar-refractivity contribution in [2.45, 2.75) is 12.5 Å². The Morgan fingerprint density at radius 2 is 2.17 bits per heavy atom. The van der Waals surface area contributed by atoms with Crippen LogP contribution >= 0.6 is 0 Å². The molecule has 1 unspecified atom stereocenters. The van der Waals surface area contributed by atoms with E-state index in [2.05, 4.69) is 5.32 Å². The van der Waals surface area contributed by atoms with E-state index in [4.69, 9.17) is 16.7 Å². The zero-order chi connectivity index (χ0) is 13.7. The molecule has 1 aromatic rings. The summed E-state index contributed by atoms with van der Waals surface area (Å²) in [5.74, 6) is -2.19. The molecule has 0 heterocycles. The minimum Gasteiger partial charge on any atom is -0.370 e. The van der Waals surface area contributed by atoms with Gasteiger partial charge in [0.2, 0.25) is 11.8 Å². The first-order valence-electron chi connectivity index (χ1n) is 4.99. The number of carbonyl (C=O) groups excluding carboxylic acids is 2. The van der Waals surface area contributed by atoms with Gasteiger partial charge in [-0.2, -0.15) is 5.26 Å². The number of halogens is 1. The predicted molar refractivity (Wildman–Crippen MR) is 61.5 cm³/mol. The van der Waals surface area contributed by atoms with E-state index >= 15 is 0 Å². The Bertz CT molecular complexity index is 524. The Kier molecular flexibility index (Phi) is 4.34. The van der Waals surface area contributed by atoms with Crippen molar-refractivity contribution in [3.63, 3.8) is 0 Å². The number of benzene rings is 1. The Morgan fingerprint density at radius 1 is 1.50 bits per heavy atom. The fourth-order valence-corrected chi connectivity index (χ4v) is 1.28. The van der Waals surface area contributed by atoms with Crippen molar-refractivity contribution < 1.29 is 14.0 Å². The summed E-state index contributed by atoms with van der Waals surface area (Å²) in [7, 11) is 0. The maximum atomic E-state index is 13.2. The van der Waals surface area contributed by atoms with Crippen molar-refractivity contribution in [3.8, 4) is 6.07 Å².